The number of fused-ring (bicyclic) bond motifs is 1. The molecule has 0 saturated carbocycles. The Morgan fingerprint density at radius 1 is 1.14 bits per heavy atom. The predicted octanol–water partition coefficient (Wildman–Crippen LogP) is 0.303. The molecule has 29 heavy (non-hydrogen) atoms. The van der Waals surface area contributed by atoms with Crippen LogP contribution in [0.5, 0.6) is 11.5 Å². The minimum absolute atomic E-state index is 0.0397. The summed E-state index contributed by atoms with van der Waals surface area (Å²) in [5.41, 5.74) is 0.454. The van der Waals surface area contributed by atoms with Crippen LogP contribution in [0.25, 0.3) is 0 Å². The molecule has 3 heterocycles. The van der Waals surface area contributed by atoms with E-state index >= 15 is 0 Å². The molecule has 2 N–H and O–H groups in total. The van der Waals surface area contributed by atoms with E-state index in [1.165, 1.54) is 0 Å². The monoisotopic (exact) mass is 406 g/mol. The van der Waals surface area contributed by atoms with Gasteiger partial charge in [-0.25, -0.2) is 0 Å². The number of hydrogen-bond acceptors (Lipinski definition) is 7. The molecule has 0 radical (unpaired) electrons. The van der Waals surface area contributed by atoms with E-state index in [-0.39, 0.29) is 43.8 Å². The van der Waals surface area contributed by atoms with Crippen molar-refractivity contribution in [3.8, 4) is 11.5 Å². The topological polar surface area (TPSA) is 107 Å². The molecule has 9 heteroatoms. The van der Waals surface area contributed by atoms with Crippen molar-refractivity contribution in [2.75, 3.05) is 39.7 Å². The van der Waals surface area contributed by atoms with Crippen LogP contribution in [0.3, 0.4) is 0 Å². The lowest BCUT2D eigenvalue weighted by Gasteiger charge is -2.37. The van der Waals surface area contributed by atoms with Crippen LogP contribution in [0.4, 0.5) is 0 Å². The fourth-order valence-electron chi connectivity index (χ4n) is 3.87. The van der Waals surface area contributed by atoms with Gasteiger partial charge in [0, 0.05) is 18.7 Å². The highest BCUT2D eigenvalue weighted by atomic mass is 16.7. The van der Waals surface area contributed by atoms with E-state index in [1.54, 1.807) is 23.1 Å². The number of nitrogens with zero attached hydrogens (tertiary/aromatic N) is 1. The van der Waals surface area contributed by atoms with Crippen molar-refractivity contribution in [1.29, 1.82) is 0 Å². The summed E-state index contributed by atoms with van der Waals surface area (Å²) in [6.07, 6.45) is 0.728. The van der Waals surface area contributed by atoms with Gasteiger partial charge in [-0.05, 0) is 31.0 Å². The van der Waals surface area contributed by atoms with Crippen LogP contribution >= 0.6 is 0 Å². The van der Waals surface area contributed by atoms with Crippen molar-refractivity contribution in [1.82, 2.24) is 10.2 Å². The Balaban J connectivity index is 1.31. The molecule has 1 aromatic rings. The molecular weight excluding hydrogens is 380 g/mol. The van der Waals surface area contributed by atoms with Gasteiger partial charge < -0.3 is 34.3 Å². The van der Waals surface area contributed by atoms with Gasteiger partial charge in [0.15, 0.2) is 11.5 Å². The molecule has 2 saturated heterocycles. The van der Waals surface area contributed by atoms with Crippen molar-refractivity contribution >= 4 is 11.8 Å². The molecule has 9 nitrogen and oxygen atoms in total. The maximum absolute atomic E-state index is 12.6. The molecule has 3 atom stereocenters. The highest BCUT2D eigenvalue weighted by molar-refractivity contribution is 5.95. The average Bonchev–Trinajstić information content (AvgIpc) is 3.23. The first-order valence-corrected chi connectivity index (χ1v) is 9.96. The fraction of sp³-hybridized carbons (Fsp3) is 0.600. The van der Waals surface area contributed by atoms with Crippen molar-refractivity contribution in [2.45, 2.75) is 37.5 Å². The number of nitrogens with one attached hydrogen (secondary N) is 1. The standard InChI is InChI=1S/C20H26N2O7/c23-11-18-15(21-20(25)13-1-4-16-17(9-13)28-12-27-16)3-2-14(29-18)10-19(24)22-5-7-26-8-6-22/h1,4,9,14-15,18,23H,2-3,5-8,10-12H2,(H,21,25)/t14-,15+,18-/m1/s1. The normalized spacial score (nSPS) is 26.2. The third-order valence-corrected chi connectivity index (χ3v) is 5.51. The van der Waals surface area contributed by atoms with Gasteiger partial charge in [0.25, 0.3) is 5.91 Å². The summed E-state index contributed by atoms with van der Waals surface area (Å²) < 4.78 is 21.8. The molecule has 158 valence electrons. The van der Waals surface area contributed by atoms with E-state index in [2.05, 4.69) is 5.32 Å². The number of morpholine rings is 1. The Morgan fingerprint density at radius 2 is 1.93 bits per heavy atom. The molecular formula is C20H26N2O7. The van der Waals surface area contributed by atoms with Gasteiger partial charge >= 0.3 is 0 Å². The predicted molar refractivity (Wildman–Crippen MR) is 101 cm³/mol. The molecule has 3 aliphatic rings. The van der Waals surface area contributed by atoms with E-state index in [9.17, 15) is 14.7 Å². The maximum atomic E-state index is 12.6. The first-order valence-electron chi connectivity index (χ1n) is 9.96. The Morgan fingerprint density at radius 3 is 2.72 bits per heavy atom. The van der Waals surface area contributed by atoms with Gasteiger partial charge in [0.05, 0.1) is 38.4 Å². The molecule has 1 aromatic carbocycles. The quantitative estimate of drug-likeness (QED) is 0.724. The van der Waals surface area contributed by atoms with E-state index in [0.717, 1.165) is 0 Å². The Hall–Kier alpha value is -2.36. The van der Waals surface area contributed by atoms with Crippen molar-refractivity contribution < 1.29 is 33.6 Å². The first kappa shape index (κ1) is 19.9. The largest absolute Gasteiger partial charge is 0.454 e. The van der Waals surface area contributed by atoms with Crippen molar-refractivity contribution in [3.05, 3.63) is 23.8 Å². The van der Waals surface area contributed by atoms with Crippen LogP contribution in [0.2, 0.25) is 0 Å². The van der Waals surface area contributed by atoms with Crippen LogP contribution in [0.15, 0.2) is 18.2 Å². The zero-order valence-corrected chi connectivity index (χ0v) is 16.2. The summed E-state index contributed by atoms with van der Waals surface area (Å²) in [4.78, 5) is 26.8. The minimum atomic E-state index is -0.552. The van der Waals surface area contributed by atoms with Gasteiger partial charge in [-0.1, -0.05) is 0 Å². The van der Waals surface area contributed by atoms with E-state index in [0.29, 0.717) is 56.2 Å². The smallest absolute Gasteiger partial charge is 0.251 e. The number of carbonyl (C=O) groups excluding carboxylic acids is 2. The van der Waals surface area contributed by atoms with Crippen LogP contribution in [0, 0.1) is 0 Å². The van der Waals surface area contributed by atoms with Gasteiger partial charge in [-0.15, -0.1) is 0 Å². The number of rotatable bonds is 5. The van der Waals surface area contributed by atoms with Gasteiger partial charge in [-0.2, -0.15) is 0 Å². The minimum Gasteiger partial charge on any atom is -0.454 e. The second-order valence-corrected chi connectivity index (χ2v) is 7.40. The number of ether oxygens (including phenoxy) is 4. The second-order valence-electron chi connectivity index (χ2n) is 7.40. The van der Waals surface area contributed by atoms with Crippen LogP contribution in [0.1, 0.15) is 29.6 Å². The summed E-state index contributed by atoms with van der Waals surface area (Å²) in [7, 11) is 0. The molecule has 3 aliphatic heterocycles. The molecule has 2 amide bonds. The van der Waals surface area contributed by atoms with Crippen LogP contribution < -0.4 is 14.8 Å². The Bertz CT molecular complexity index is 750. The van der Waals surface area contributed by atoms with Crippen LogP contribution in [-0.4, -0.2) is 79.8 Å². The van der Waals surface area contributed by atoms with E-state index in [4.69, 9.17) is 18.9 Å². The number of carbonyl (C=O) groups is 2. The zero-order chi connectivity index (χ0) is 20.2. The summed E-state index contributed by atoms with van der Waals surface area (Å²) in [5.74, 6) is 0.928. The highest BCUT2D eigenvalue weighted by Gasteiger charge is 2.34. The van der Waals surface area contributed by atoms with Gasteiger partial charge in [0.1, 0.15) is 6.10 Å². The van der Waals surface area contributed by atoms with Crippen molar-refractivity contribution in [2.24, 2.45) is 0 Å². The zero-order valence-electron chi connectivity index (χ0n) is 16.2. The fourth-order valence-corrected chi connectivity index (χ4v) is 3.87. The Labute approximate surface area is 168 Å². The van der Waals surface area contributed by atoms with Gasteiger partial charge in [0.2, 0.25) is 12.7 Å². The van der Waals surface area contributed by atoms with Crippen LogP contribution in [-0.2, 0) is 14.3 Å². The summed E-state index contributed by atoms with van der Waals surface area (Å²) in [6, 6.07) is 4.68. The lowest BCUT2D eigenvalue weighted by Crippen LogP contribution is -2.52. The molecule has 4 rings (SSSR count). The number of aliphatic hydroxyl groups excluding tert-OH is 1. The number of amides is 2. The lowest BCUT2D eigenvalue weighted by atomic mass is 9.96. The molecule has 0 unspecified atom stereocenters. The summed E-state index contributed by atoms with van der Waals surface area (Å²) in [6.45, 7) is 2.24. The molecule has 0 bridgehead atoms. The summed E-state index contributed by atoms with van der Waals surface area (Å²) >= 11 is 0. The average molecular weight is 406 g/mol. The SMILES string of the molecule is O=C(N[C@H]1CC[C@H](CC(=O)N2CCOCC2)O[C@@H]1CO)c1ccc2c(c1)OCO2. The molecule has 0 aliphatic carbocycles. The number of benzene rings is 1. The molecule has 0 spiro atoms. The Kier molecular flexibility index (Phi) is 6.17. The lowest BCUT2D eigenvalue weighted by molar-refractivity contribution is -0.143. The third kappa shape index (κ3) is 4.63. The summed E-state index contributed by atoms with van der Waals surface area (Å²) in [5, 5.41) is 12.7. The molecule has 0 aromatic heterocycles. The number of aliphatic hydroxyl groups is 1. The van der Waals surface area contributed by atoms with Crippen molar-refractivity contribution in [3.63, 3.8) is 0 Å². The van der Waals surface area contributed by atoms with Gasteiger partial charge in [-0.3, -0.25) is 9.59 Å². The maximum Gasteiger partial charge on any atom is 0.251 e. The first-order chi connectivity index (χ1) is 14.1. The highest BCUT2D eigenvalue weighted by Crippen LogP contribution is 2.32. The third-order valence-electron chi connectivity index (χ3n) is 5.51. The van der Waals surface area contributed by atoms with E-state index in [1.807, 2.05) is 0 Å². The number of hydrogen-bond donors (Lipinski definition) is 2. The molecule has 2 fully saturated rings. The second kappa shape index (κ2) is 8.98. The van der Waals surface area contributed by atoms with E-state index < -0.39 is 6.10 Å².